The minimum Gasteiger partial charge on any atom is -0.497 e. The van der Waals surface area contributed by atoms with E-state index in [1.807, 2.05) is 25.1 Å². The average molecular weight is 353 g/mol. The van der Waals surface area contributed by atoms with Gasteiger partial charge in [0.2, 0.25) is 5.27 Å². The predicted octanol–water partition coefficient (Wildman–Crippen LogP) is 3.42. The van der Waals surface area contributed by atoms with Crippen LogP contribution in [-0.2, 0) is 6.42 Å². The molecule has 7 nitrogen and oxygen atoms in total. The van der Waals surface area contributed by atoms with Gasteiger partial charge in [0, 0.05) is 19.0 Å². The first kappa shape index (κ1) is 17.5. The Morgan fingerprint density at radius 2 is 1.88 bits per heavy atom. The zero-order chi connectivity index (χ0) is 18.4. The second kappa shape index (κ2) is 8.15. The number of ether oxygens (including phenoxy) is 1. The van der Waals surface area contributed by atoms with Crippen molar-refractivity contribution >= 4 is 17.6 Å². The molecular formula is C19H21N4O3+. The summed E-state index contributed by atoms with van der Waals surface area (Å²) in [6, 6.07) is 16.9. The fraction of sp³-hybridized carbons (Fsp3) is 0.211. The molecule has 0 aliphatic heterocycles. The number of anilines is 2. The van der Waals surface area contributed by atoms with Crippen LogP contribution >= 0.6 is 0 Å². The maximum absolute atomic E-state index is 12.1. The number of amides is 2. The minimum atomic E-state index is -0.408. The highest BCUT2D eigenvalue weighted by atomic mass is 16.5. The van der Waals surface area contributed by atoms with E-state index in [-0.39, 0.29) is 11.9 Å². The summed E-state index contributed by atoms with van der Waals surface area (Å²) < 4.78 is 12.0. The maximum atomic E-state index is 12.1. The van der Waals surface area contributed by atoms with Crippen LogP contribution in [0.5, 0.6) is 5.75 Å². The molecule has 2 N–H and O–H groups in total. The van der Waals surface area contributed by atoms with Gasteiger partial charge < -0.3 is 10.1 Å². The molecule has 2 aromatic carbocycles. The van der Waals surface area contributed by atoms with Crippen molar-refractivity contribution in [2.75, 3.05) is 17.7 Å². The molecule has 0 spiro atoms. The van der Waals surface area contributed by atoms with E-state index in [1.54, 1.807) is 42.3 Å². The first-order valence-corrected chi connectivity index (χ1v) is 8.28. The van der Waals surface area contributed by atoms with Crippen LogP contribution in [0.3, 0.4) is 0 Å². The van der Waals surface area contributed by atoms with Crippen LogP contribution in [0.15, 0.2) is 65.3 Å². The Labute approximate surface area is 151 Å². The number of urea groups is 1. The van der Waals surface area contributed by atoms with Gasteiger partial charge in [-0.15, -0.1) is 0 Å². The van der Waals surface area contributed by atoms with Crippen LogP contribution in [0.4, 0.5) is 16.4 Å². The third kappa shape index (κ3) is 4.60. The average Bonchev–Trinajstić information content (AvgIpc) is 3.11. The lowest BCUT2D eigenvalue weighted by Gasteiger charge is -2.05. The molecule has 0 saturated carbocycles. The van der Waals surface area contributed by atoms with Crippen molar-refractivity contribution in [3.8, 4) is 5.75 Å². The van der Waals surface area contributed by atoms with E-state index in [1.165, 1.54) is 5.56 Å². The van der Waals surface area contributed by atoms with Gasteiger partial charge in [0.25, 0.3) is 6.20 Å². The summed E-state index contributed by atoms with van der Waals surface area (Å²) in [7, 11) is 1.59. The molecule has 1 atom stereocenters. The number of aromatic nitrogens is 2. The van der Waals surface area contributed by atoms with Gasteiger partial charge >= 0.3 is 11.9 Å². The van der Waals surface area contributed by atoms with Gasteiger partial charge in [0.05, 0.1) is 7.11 Å². The lowest BCUT2D eigenvalue weighted by molar-refractivity contribution is -0.782. The van der Waals surface area contributed by atoms with E-state index >= 15 is 0 Å². The van der Waals surface area contributed by atoms with Crippen LogP contribution in [-0.4, -0.2) is 18.4 Å². The molecule has 134 valence electrons. The van der Waals surface area contributed by atoms with Crippen molar-refractivity contribution < 1.29 is 18.7 Å². The number of rotatable bonds is 6. The lowest BCUT2D eigenvalue weighted by Crippen LogP contribution is -2.40. The van der Waals surface area contributed by atoms with Gasteiger partial charge in [-0.2, -0.15) is 0 Å². The van der Waals surface area contributed by atoms with E-state index in [9.17, 15) is 4.79 Å². The predicted molar refractivity (Wildman–Crippen MR) is 97.2 cm³/mol. The topological polar surface area (TPSA) is 80.3 Å². The van der Waals surface area contributed by atoms with Crippen LogP contribution in [0, 0.1) is 0 Å². The zero-order valence-electron chi connectivity index (χ0n) is 14.7. The number of benzene rings is 2. The molecule has 26 heavy (non-hydrogen) atoms. The Hall–Kier alpha value is -3.35. The van der Waals surface area contributed by atoms with Crippen molar-refractivity contribution in [3.05, 3.63) is 66.4 Å². The molecule has 0 fully saturated rings. The number of hydrogen-bond acceptors (Lipinski definition) is 4. The zero-order valence-corrected chi connectivity index (χ0v) is 14.7. The molecule has 0 saturated heterocycles. The highest BCUT2D eigenvalue weighted by Crippen LogP contribution is 2.15. The number of methoxy groups -OCH3 is 1. The molecule has 0 bridgehead atoms. The van der Waals surface area contributed by atoms with Crippen LogP contribution in [0.2, 0.25) is 0 Å². The molecular weight excluding hydrogens is 332 g/mol. The smallest absolute Gasteiger partial charge is 0.326 e. The number of carbonyl (C=O) groups excluding carboxylic acids is 1. The summed E-state index contributed by atoms with van der Waals surface area (Å²) in [6.45, 7) is 2.04. The first-order chi connectivity index (χ1) is 12.6. The van der Waals surface area contributed by atoms with E-state index < -0.39 is 6.03 Å². The van der Waals surface area contributed by atoms with E-state index in [0.717, 1.165) is 12.2 Å². The third-order valence-electron chi connectivity index (χ3n) is 3.89. The Bertz CT molecular complexity index is 847. The van der Waals surface area contributed by atoms with E-state index in [0.29, 0.717) is 5.69 Å². The fourth-order valence-corrected chi connectivity index (χ4v) is 2.52. The van der Waals surface area contributed by atoms with E-state index in [4.69, 9.17) is 9.26 Å². The van der Waals surface area contributed by atoms with Crippen molar-refractivity contribution in [1.82, 2.24) is 5.27 Å². The van der Waals surface area contributed by atoms with Crippen molar-refractivity contribution in [1.29, 1.82) is 0 Å². The normalized spacial score (nSPS) is 11.6. The van der Waals surface area contributed by atoms with Gasteiger partial charge in [-0.05, 0) is 34.5 Å². The third-order valence-corrected chi connectivity index (χ3v) is 3.89. The van der Waals surface area contributed by atoms with Crippen molar-refractivity contribution in [2.24, 2.45) is 0 Å². The SMILES string of the molecule is COc1ccc(NC(=O)Nc2c[n+](C(C)Cc3ccccc3)no2)cc1. The Kier molecular flexibility index (Phi) is 5.48. The van der Waals surface area contributed by atoms with Crippen molar-refractivity contribution in [2.45, 2.75) is 19.4 Å². The van der Waals surface area contributed by atoms with Gasteiger partial charge in [-0.3, -0.25) is 9.84 Å². The monoisotopic (exact) mass is 353 g/mol. The Morgan fingerprint density at radius 3 is 2.58 bits per heavy atom. The van der Waals surface area contributed by atoms with E-state index in [2.05, 4.69) is 28.0 Å². The molecule has 0 aliphatic carbocycles. The number of nitrogens with one attached hydrogen (secondary N) is 2. The van der Waals surface area contributed by atoms with Gasteiger partial charge in [-0.1, -0.05) is 30.3 Å². The summed E-state index contributed by atoms with van der Waals surface area (Å²) >= 11 is 0. The Morgan fingerprint density at radius 1 is 1.15 bits per heavy atom. The van der Waals surface area contributed by atoms with Gasteiger partial charge in [-0.25, -0.2) is 4.79 Å². The van der Waals surface area contributed by atoms with Gasteiger partial charge in [0.15, 0.2) is 6.04 Å². The number of carbonyl (C=O) groups is 1. The van der Waals surface area contributed by atoms with Crippen LogP contribution in [0.1, 0.15) is 18.5 Å². The first-order valence-electron chi connectivity index (χ1n) is 8.28. The highest BCUT2D eigenvalue weighted by Gasteiger charge is 2.21. The summed E-state index contributed by atoms with van der Waals surface area (Å²) in [4.78, 5) is 12.1. The second-order valence-corrected chi connectivity index (χ2v) is 5.89. The largest absolute Gasteiger partial charge is 0.497 e. The summed E-state index contributed by atoms with van der Waals surface area (Å²) in [6.07, 6.45) is 2.48. The quantitative estimate of drug-likeness (QED) is 0.666. The second-order valence-electron chi connectivity index (χ2n) is 5.89. The summed E-state index contributed by atoms with van der Waals surface area (Å²) in [5.41, 5.74) is 1.86. The molecule has 3 rings (SSSR count). The molecule has 1 unspecified atom stereocenters. The fourth-order valence-electron chi connectivity index (χ4n) is 2.52. The van der Waals surface area contributed by atoms with Crippen LogP contribution in [0.25, 0.3) is 0 Å². The van der Waals surface area contributed by atoms with Gasteiger partial charge in [0.1, 0.15) is 5.75 Å². The molecule has 3 aromatic rings. The Balaban J connectivity index is 1.56. The molecule has 0 aliphatic rings. The lowest BCUT2D eigenvalue weighted by atomic mass is 10.1. The highest BCUT2D eigenvalue weighted by molar-refractivity contribution is 5.98. The standard InChI is InChI=1S/C19H20N4O3/c1-14(12-15-6-4-3-5-7-15)23-13-18(26-22-23)21-19(24)20-16-8-10-17(25-2)11-9-16/h3-11,13-14H,12H2,1-2H3,(H-,20,21,22,24)/p+1. The van der Waals surface area contributed by atoms with Crippen molar-refractivity contribution in [3.63, 3.8) is 0 Å². The summed E-state index contributed by atoms with van der Waals surface area (Å²) in [5, 5.41) is 9.32. The minimum absolute atomic E-state index is 0.0985. The molecule has 1 aromatic heterocycles. The number of nitrogens with zero attached hydrogens (tertiary/aromatic N) is 2. The van der Waals surface area contributed by atoms with Crippen LogP contribution < -0.4 is 20.1 Å². The molecule has 2 amide bonds. The molecule has 7 heteroatoms. The maximum Gasteiger partial charge on any atom is 0.326 e. The molecule has 0 radical (unpaired) electrons. The summed E-state index contributed by atoms with van der Waals surface area (Å²) in [5.74, 6) is 0.996. The number of hydrogen-bond donors (Lipinski definition) is 2. The molecule has 1 heterocycles.